The number of ether oxygens (including phenoxy) is 1. The van der Waals surface area contributed by atoms with E-state index in [9.17, 15) is 4.79 Å². The molecule has 0 radical (unpaired) electrons. The molecule has 3 aromatic rings. The number of carbonyl (C=O) groups excluding carboxylic acids is 1. The SMILES string of the molecule is Cc1nn(C(C)(C)C)c(OC(=O)C2(c3ccc(Cl)cc3)CCCC2)c1Sc1ccc(Cl)cc1. The summed E-state index contributed by atoms with van der Waals surface area (Å²) in [7, 11) is 0. The van der Waals surface area contributed by atoms with Crippen molar-refractivity contribution in [1.29, 1.82) is 0 Å². The van der Waals surface area contributed by atoms with Crippen molar-refractivity contribution in [2.45, 2.75) is 74.1 Å². The Bertz CT molecular complexity index is 1140. The highest BCUT2D eigenvalue weighted by Gasteiger charge is 2.45. The first-order chi connectivity index (χ1) is 15.6. The molecule has 0 atom stereocenters. The molecule has 33 heavy (non-hydrogen) atoms. The fourth-order valence-electron chi connectivity index (χ4n) is 4.32. The maximum absolute atomic E-state index is 13.8. The van der Waals surface area contributed by atoms with Crippen LogP contribution in [0.1, 0.15) is 57.7 Å². The van der Waals surface area contributed by atoms with Gasteiger partial charge in [0.05, 0.1) is 21.5 Å². The first-order valence-corrected chi connectivity index (χ1v) is 12.7. The van der Waals surface area contributed by atoms with Gasteiger partial charge in [0.2, 0.25) is 5.88 Å². The van der Waals surface area contributed by atoms with E-state index in [0.29, 0.717) is 15.9 Å². The molecule has 0 amide bonds. The summed E-state index contributed by atoms with van der Waals surface area (Å²) in [5, 5.41) is 6.09. The summed E-state index contributed by atoms with van der Waals surface area (Å²) in [5.41, 5.74) is 0.746. The third kappa shape index (κ3) is 4.96. The largest absolute Gasteiger partial charge is 0.406 e. The van der Waals surface area contributed by atoms with Gasteiger partial charge in [-0.3, -0.25) is 4.79 Å². The van der Waals surface area contributed by atoms with Gasteiger partial charge < -0.3 is 4.74 Å². The number of halogens is 2. The van der Waals surface area contributed by atoms with Crippen molar-refractivity contribution >= 4 is 40.9 Å². The summed E-state index contributed by atoms with van der Waals surface area (Å²) < 4.78 is 8.10. The van der Waals surface area contributed by atoms with Crippen LogP contribution in [0.3, 0.4) is 0 Å². The standard InChI is InChI=1S/C26H28Cl2N2O2S/c1-17-22(33-21-13-11-20(28)12-14-21)23(30(29-17)25(2,3)4)32-24(31)26(15-5-6-16-26)18-7-9-19(27)10-8-18/h7-14H,5-6,15-16H2,1-4H3. The van der Waals surface area contributed by atoms with Crippen LogP contribution in [0.5, 0.6) is 5.88 Å². The molecule has 1 aliphatic rings. The summed E-state index contributed by atoms with van der Waals surface area (Å²) in [6.07, 6.45) is 3.49. The Balaban J connectivity index is 1.74. The zero-order valence-electron chi connectivity index (χ0n) is 19.3. The van der Waals surface area contributed by atoms with Crippen LogP contribution in [0.4, 0.5) is 0 Å². The Morgan fingerprint density at radius 3 is 2.09 bits per heavy atom. The number of aromatic nitrogens is 2. The van der Waals surface area contributed by atoms with Crippen LogP contribution in [0.15, 0.2) is 58.3 Å². The molecular formula is C26H28Cl2N2O2S. The number of benzene rings is 2. The lowest BCUT2D eigenvalue weighted by atomic mass is 9.79. The van der Waals surface area contributed by atoms with Crippen LogP contribution < -0.4 is 4.74 Å². The van der Waals surface area contributed by atoms with Gasteiger partial charge >= 0.3 is 5.97 Å². The van der Waals surface area contributed by atoms with Crippen LogP contribution in [0, 0.1) is 6.92 Å². The highest BCUT2D eigenvalue weighted by atomic mass is 35.5. The number of aryl methyl sites for hydroxylation is 1. The van der Waals surface area contributed by atoms with Crippen LogP contribution in [-0.2, 0) is 15.7 Å². The molecule has 1 aliphatic carbocycles. The lowest BCUT2D eigenvalue weighted by Gasteiger charge is -2.29. The summed E-state index contributed by atoms with van der Waals surface area (Å²) in [6.45, 7) is 8.11. The van der Waals surface area contributed by atoms with Gasteiger partial charge in [0, 0.05) is 14.9 Å². The van der Waals surface area contributed by atoms with E-state index < -0.39 is 5.41 Å². The maximum atomic E-state index is 13.8. The zero-order chi connectivity index (χ0) is 23.8. The summed E-state index contributed by atoms with van der Waals surface area (Å²) in [6, 6.07) is 15.2. The summed E-state index contributed by atoms with van der Waals surface area (Å²) in [4.78, 5) is 15.7. The first-order valence-electron chi connectivity index (χ1n) is 11.1. The molecule has 0 spiro atoms. The normalized spacial score (nSPS) is 15.6. The average Bonchev–Trinajstić information content (AvgIpc) is 3.37. The Labute approximate surface area is 209 Å². The third-order valence-electron chi connectivity index (χ3n) is 6.07. The Kier molecular flexibility index (Phi) is 6.86. The Morgan fingerprint density at radius 1 is 1.00 bits per heavy atom. The van der Waals surface area contributed by atoms with E-state index in [4.69, 9.17) is 33.0 Å². The molecule has 7 heteroatoms. The molecule has 2 aromatic carbocycles. The van der Waals surface area contributed by atoms with E-state index in [2.05, 4.69) is 20.8 Å². The number of nitrogens with zero attached hydrogens (tertiary/aromatic N) is 2. The smallest absolute Gasteiger partial charge is 0.323 e. The van der Waals surface area contributed by atoms with Crippen LogP contribution in [0.25, 0.3) is 0 Å². The van der Waals surface area contributed by atoms with Crippen molar-refractivity contribution in [1.82, 2.24) is 9.78 Å². The topological polar surface area (TPSA) is 44.1 Å². The van der Waals surface area contributed by atoms with Crippen molar-refractivity contribution in [2.24, 2.45) is 0 Å². The maximum Gasteiger partial charge on any atom is 0.323 e. The molecular weight excluding hydrogens is 475 g/mol. The minimum absolute atomic E-state index is 0.231. The fourth-order valence-corrected chi connectivity index (χ4v) is 5.48. The number of hydrogen-bond donors (Lipinski definition) is 0. The molecule has 0 unspecified atom stereocenters. The quantitative estimate of drug-likeness (QED) is 0.333. The molecule has 0 N–H and O–H groups in total. The molecule has 4 nitrogen and oxygen atoms in total. The predicted molar refractivity (Wildman–Crippen MR) is 135 cm³/mol. The molecule has 0 bridgehead atoms. The second kappa shape index (κ2) is 9.36. The van der Waals surface area contributed by atoms with Crippen LogP contribution >= 0.6 is 35.0 Å². The summed E-state index contributed by atoms with van der Waals surface area (Å²) in [5.74, 6) is 0.260. The van der Waals surface area contributed by atoms with Gasteiger partial charge in [-0.2, -0.15) is 5.10 Å². The molecule has 1 heterocycles. The van der Waals surface area contributed by atoms with Gasteiger partial charge in [-0.15, -0.1) is 0 Å². The van der Waals surface area contributed by atoms with E-state index in [1.54, 1.807) is 0 Å². The molecule has 1 fully saturated rings. The van der Waals surface area contributed by atoms with Crippen molar-refractivity contribution in [3.8, 4) is 5.88 Å². The number of rotatable bonds is 5. The first kappa shape index (κ1) is 24.2. The fraction of sp³-hybridized carbons (Fsp3) is 0.385. The number of hydrogen-bond acceptors (Lipinski definition) is 4. The summed E-state index contributed by atoms with van der Waals surface area (Å²) >= 11 is 13.7. The lowest BCUT2D eigenvalue weighted by Crippen LogP contribution is -2.38. The monoisotopic (exact) mass is 502 g/mol. The minimum atomic E-state index is -0.673. The molecule has 0 saturated heterocycles. The highest BCUT2D eigenvalue weighted by Crippen LogP contribution is 2.45. The van der Waals surface area contributed by atoms with E-state index in [-0.39, 0.29) is 11.5 Å². The predicted octanol–water partition coefficient (Wildman–Crippen LogP) is 7.82. The molecule has 174 valence electrons. The van der Waals surface area contributed by atoms with Gasteiger partial charge in [0.1, 0.15) is 0 Å². The van der Waals surface area contributed by atoms with E-state index in [1.165, 1.54) is 11.8 Å². The van der Waals surface area contributed by atoms with Gasteiger partial charge in [0.15, 0.2) is 0 Å². The molecule has 0 aliphatic heterocycles. The highest BCUT2D eigenvalue weighted by molar-refractivity contribution is 7.99. The second-order valence-corrected chi connectivity index (χ2v) is 11.5. The van der Waals surface area contributed by atoms with Crippen LogP contribution in [-0.4, -0.2) is 15.7 Å². The Morgan fingerprint density at radius 2 is 1.55 bits per heavy atom. The van der Waals surface area contributed by atoms with Gasteiger partial charge in [-0.25, -0.2) is 4.68 Å². The van der Waals surface area contributed by atoms with Gasteiger partial charge in [-0.05, 0) is 82.5 Å². The van der Waals surface area contributed by atoms with E-state index in [0.717, 1.165) is 46.7 Å². The number of esters is 1. The molecule has 1 aromatic heterocycles. The van der Waals surface area contributed by atoms with Crippen molar-refractivity contribution in [2.75, 3.05) is 0 Å². The van der Waals surface area contributed by atoms with E-state index >= 15 is 0 Å². The zero-order valence-corrected chi connectivity index (χ0v) is 21.7. The van der Waals surface area contributed by atoms with Crippen molar-refractivity contribution < 1.29 is 9.53 Å². The average molecular weight is 503 g/mol. The lowest BCUT2D eigenvalue weighted by molar-refractivity contribution is -0.141. The van der Waals surface area contributed by atoms with E-state index in [1.807, 2.05) is 60.1 Å². The number of carbonyl (C=O) groups is 1. The minimum Gasteiger partial charge on any atom is -0.406 e. The van der Waals surface area contributed by atoms with Gasteiger partial charge in [0.25, 0.3) is 0 Å². The third-order valence-corrected chi connectivity index (χ3v) is 7.75. The van der Waals surface area contributed by atoms with Crippen LogP contribution in [0.2, 0.25) is 10.0 Å². The molecule has 1 saturated carbocycles. The Hall–Kier alpha value is -1.95. The van der Waals surface area contributed by atoms with Crippen molar-refractivity contribution in [3.63, 3.8) is 0 Å². The molecule has 4 rings (SSSR count). The van der Waals surface area contributed by atoms with Crippen molar-refractivity contribution in [3.05, 3.63) is 69.8 Å². The van der Waals surface area contributed by atoms with Gasteiger partial charge in [-0.1, -0.05) is 59.9 Å². The second-order valence-electron chi connectivity index (χ2n) is 9.54.